The Bertz CT molecular complexity index is 689. The van der Waals surface area contributed by atoms with Gasteiger partial charge in [0.2, 0.25) is 0 Å². The quantitative estimate of drug-likeness (QED) is 0.733. The highest BCUT2D eigenvalue weighted by Crippen LogP contribution is 2.11. The monoisotopic (exact) mass is 275 g/mol. The number of pyridine rings is 1. The van der Waals surface area contributed by atoms with Gasteiger partial charge in [0.05, 0.1) is 0 Å². The minimum absolute atomic E-state index is 0.768. The van der Waals surface area contributed by atoms with E-state index in [4.69, 9.17) is 0 Å². The van der Waals surface area contributed by atoms with Gasteiger partial charge in [0.25, 0.3) is 0 Å². The Morgan fingerprint density at radius 3 is 2.05 bits per heavy atom. The average Bonchev–Trinajstić information content (AvgIpc) is 2.53. The largest absolute Gasteiger partial charge is 0.261 e. The zero-order chi connectivity index (χ0) is 14.5. The fourth-order valence-electron chi connectivity index (χ4n) is 2.18. The summed E-state index contributed by atoms with van der Waals surface area (Å²) in [5, 5.41) is 0. The molecule has 0 aliphatic rings. The van der Waals surface area contributed by atoms with Gasteiger partial charge in [0.15, 0.2) is 0 Å². The van der Waals surface area contributed by atoms with E-state index in [2.05, 4.69) is 39.2 Å². The van der Waals surface area contributed by atoms with Crippen molar-refractivity contribution in [2.75, 3.05) is 0 Å². The first-order chi connectivity index (χ1) is 10.3. The van der Waals surface area contributed by atoms with Crippen molar-refractivity contribution in [2.24, 2.45) is 0 Å². The molecule has 21 heavy (non-hydrogen) atoms. The van der Waals surface area contributed by atoms with Crippen LogP contribution in [0.4, 0.5) is 0 Å². The second-order valence-corrected chi connectivity index (χ2v) is 5.17. The van der Waals surface area contributed by atoms with Gasteiger partial charge in [-0.05, 0) is 35.7 Å². The Labute approximate surface area is 124 Å². The zero-order valence-corrected chi connectivity index (χ0v) is 12.0. The molecule has 1 aromatic carbocycles. The van der Waals surface area contributed by atoms with Crippen molar-refractivity contribution in [1.29, 1.82) is 0 Å². The number of hydrogen-bond donors (Lipinski definition) is 0. The van der Waals surface area contributed by atoms with Crippen LogP contribution in [-0.2, 0) is 12.8 Å². The third-order valence-corrected chi connectivity index (χ3v) is 3.33. The fraction of sp³-hybridized carbons (Fsp3) is 0.167. The van der Waals surface area contributed by atoms with Crippen LogP contribution in [0.25, 0.3) is 0 Å². The molecule has 0 saturated carbocycles. The first kappa shape index (κ1) is 13.4. The number of hydrogen-bond acceptors (Lipinski definition) is 3. The smallest absolute Gasteiger partial charge is 0.132 e. The first-order valence-corrected chi connectivity index (χ1v) is 7.05. The summed E-state index contributed by atoms with van der Waals surface area (Å²) >= 11 is 0. The van der Waals surface area contributed by atoms with Crippen LogP contribution in [0.2, 0.25) is 0 Å². The molecule has 0 spiro atoms. The third-order valence-electron chi connectivity index (χ3n) is 3.33. The molecule has 3 rings (SSSR count). The van der Waals surface area contributed by atoms with E-state index in [9.17, 15) is 0 Å². The van der Waals surface area contributed by atoms with Crippen LogP contribution in [0.15, 0.2) is 61.1 Å². The van der Waals surface area contributed by atoms with E-state index in [0.29, 0.717) is 0 Å². The van der Waals surface area contributed by atoms with Crippen molar-refractivity contribution < 1.29 is 0 Å². The lowest BCUT2D eigenvalue weighted by Gasteiger charge is -2.04. The van der Waals surface area contributed by atoms with Crippen LogP contribution in [0, 0.1) is 6.92 Å². The predicted octanol–water partition coefficient (Wildman–Crippen LogP) is 3.36. The predicted molar refractivity (Wildman–Crippen MR) is 83.1 cm³/mol. The Morgan fingerprint density at radius 1 is 0.762 bits per heavy atom. The highest BCUT2D eigenvalue weighted by molar-refractivity contribution is 5.27. The van der Waals surface area contributed by atoms with Gasteiger partial charge in [-0.15, -0.1) is 0 Å². The molecule has 0 N–H and O–H groups in total. The van der Waals surface area contributed by atoms with Gasteiger partial charge in [0.1, 0.15) is 5.82 Å². The Kier molecular flexibility index (Phi) is 4.01. The summed E-state index contributed by atoms with van der Waals surface area (Å²) in [6, 6.07) is 14.6. The summed E-state index contributed by atoms with van der Waals surface area (Å²) < 4.78 is 0. The Balaban J connectivity index is 1.68. The molecule has 3 heteroatoms. The van der Waals surface area contributed by atoms with E-state index in [1.807, 2.05) is 43.7 Å². The number of benzene rings is 1. The molecule has 3 aromatic rings. The lowest BCUT2D eigenvalue weighted by atomic mass is 10.1. The molecule has 0 aliphatic carbocycles. The molecular formula is C18H17N3. The maximum Gasteiger partial charge on any atom is 0.132 e. The topological polar surface area (TPSA) is 38.7 Å². The van der Waals surface area contributed by atoms with Crippen LogP contribution in [0.1, 0.15) is 28.2 Å². The van der Waals surface area contributed by atoms with E-state index in [0.717, 1.165) is 29.9 Å². The minimum atomic E-state index is 0.768. The maximum atomic E-state index is 4.35. The number of rotatable bonds is 4. The lowest BCUT2D eigenvalue weighted by molar-refractivity contribution is 0.953. The van der Waals surface area contributed by atoms with Crippen molar-refractivity contribution in [3.8, 4) is 0 Å². The van der Waals surface area contributed by atoms with Crippen molar-refractivity contribution in [2.45, 2.75) is 19.8 Å². The van der Waals surface area contributed by atoms with Gasteiger partial charge < -0.3 is 0 Å². The molecule has 0 saturated heterocycles. The van der Waals surface area contributed by atoms with Crippen molar-refractivity contribution in [3.05, 3.63) is 89.3 Å². The van der Waals surface area contributed by atoms with Gasteiger partial charge in [-0.3, -0.25) is 4.98 Å². The first-order valence-electron chi connectivity index (χ1n) is 7.05. The number of nitrogens with zero attached hydrogens (tertiary/aromatic N) is 3. The van der Waals surface area contributed by atoms with E-state index < -0.39 is 0 Å². The van der Waals surface area contributed by atoms with Crippen molar-refractivity contribution in [1.82, 2.24) is 15.0 Å². The van der Waals surface area contributed by atoms with Crippen LogP contribution >= 0.6 is 0 Å². The summed E-state index contributed by atoms with van der Waals surface area (Å²) in [6.07, 6.45) is 7.18. The lowest BCUT2D eigenvalue weighted by Crippen LogP contribution is -1.97. The van der Waals surface area contributed by atoms with E-state index >= 15 is 0 Å². The normalized spacial score (nSPS) is 10.5. The molecule has 0 unspecified atom stereocenters. The molecule has 0 atom stereocenters. The molecule has 0 amide bonds. The second-order valence-electron chi connectivity index (χ2n) is 5.17. The summed E-state index contributed by atoms with van der Waals surface area (Å²) in [5.74, 6) is 0.859. The molecule has 0 fully saturated rings. The van der Waals surface area contributed by atoms with E-state index in [-0.39, 0.29) is 0 Å². The summed E-state index contributed by atoms with van der Waals surface area (Å²) in [4.78, 5) is 13.0. The van der Waals surface area contributed by atoms with Gasteiger partial charge in [-0.1, -0.05) is 30.3 Å². The second kappa shape index (κ2) is 6.27. The molecular weight excluding hydrogens is 258 g/mol. The molecule has 2 aromatic heterocycles. The van der Waals surface area contributed by atoms with E-state index in [1.165, 1.54) is 11.1 Å². The highest BCUT2D eigenvalue weighted by atomic mass is 14.9. The summed E-state index contributed by atoms with van der Waals surface area (Å²) in [7, 11) is 0. The Morgan fingerprint density at radius 2 is 1.43 bits per heavy atom. The molecule has 104 valence electrons. The van der Waals surface area contributed by atoms with Gasteiger partial charge in [-0.25, -0.2) is 9.97 Å². The summed E-state index contributed by atoms with van der Waals surface area (Å²) in [6.45, 7) is 2.00. The van der Waals surface area contributed by atoms with Crippen molar-refractivity contribution in [3.63, 3.8) is 0 Å². The SMILES string of the molecule is Cc1cnc(Cc2ccc(Cc3ccccn3)cc2)nc1. The minimum Gasteiger partial charge on any atom is -0.261 e. The molecule has 0 aliphatic heterocycles. The highest BCUT2D eigenvalue weighted by Gasteiger charge is 2.01. The van der Waals surface area contributed by atoms with Crippen LogP contribution < -0.4 is 0 Å². The van der Waals surface area contributed by atoms with Gasteiger partial charge in [-0.2, -0.15) is 0 Å². The standard InChI is InChI=1S/C18H17N3/c1-14-12-20-18(21-13-14)11-16-7-5-15(6-8-16)10-17-4-2-3-9-19-17/h2-9,12-13H,10-11H2,1H3. The van der Waals surface area contributed by atoms with Gasteiger partial charge >= 0.3 is 0 Å². The Hall–Kier alpha value is -2.55. The zero-order valence-electron chi connectivity index (χ0n) is 12.0. The van der Waals surface area contributed by atoms with E-state index in [1.54, 1.807) is 0 Å². The van der Waals surface area contributed by atoms with Crippen LogP contribution in [0.5, 0.6) is 0 Å². The van der Waals surface area contributed by atoms with Crippen LogP contribution in [0.3, 0.4) is 0 Å². The number of aromatic nitrogens is 3. The molecule has 0 bridgehead atoms. The summed E-state index contributed by atoms with van der Waals surface area (Å²) in [5.41, 5.74) is 4.67. The number of aryl methyl sites for hydroxylation is 1. The maximum absolute atomic E-state index is 4.35. The third kappa shape index (κ3) is 3.72. The van der Waals surface area contributed by atoms with Crippen molar-refractivity contribution >= 4 is 0 Å². The molecule has 0 radical (unpaired) electrons. The van der Waals surface area contributed by atoms with Gasteiger partial charge in [0, 0.05) is 37.1 Å². The van der Waals surface area contributed by atoms with Crippen LogP contribution in [-0.4, -0.2) is 15.0 Å². The average molecular weight is 275 g/mol. The molecule has 2 heterocycles. The fourth-order valence-corrected chi connectivity index (χ4v) is 2.18. The molecule has 3 nitrogen and oxygen atoms in total.